The molecule has 14 heavy (non-hydrogen) atoms. The average molecular weight is 284 g/mol. The topological polar surface area (TPSA) is 46.2 Å². The monoisotopic (exact) mass is 283 g/mol. The summed E-state index contributed by atoms with van der Waals surface area (Å²) in [5.41, 5.74) is 0. The molecule has 1 fully saturated rings. The summed E-state index contributed by atoms with van der Waals surface area (Å²) >= 11 is 3.47. The Morgan fingerprint density at radius 2 is 2.00 bits per heavy atom. The smallest absolute Gasteiger partial charge is 0.214 e. The predicted molar refractivity (Wildman–Crippen MR) is 62.1 cm³/mol. The zero-order valence-electron chi connectivity index (χ0n) is 8.66. The molecule has 0 spiro atoms. The van der Waals surface area contributed by atoms with Gasteiger partial charge in [-0.25, -0.2) is 13.1 Å². The van der Waals surface area contributed by atoms with Crippen LogP contribution in [-0.4, -0.2) is 25.0 Å². The first-order valence-electron chi connectivity index (χ1n) is 5.04. The van der Waals surface area contributed by atoms with Crippen LogP contribution in [0.3, 0.4) is 0 Å². The summed E-state index contributed by atoms with van der Waals surface area (Å²) in [6, 6.07) is 0. The van der Waals surface area contributed by atoms with E-state index in [0.717, 1.165) is 19.3 Å². The quantitative estimate of drug-likeness (QED) is 0.757. The van der Waals surface area contributed by atoms with Crippen molar-refractivity contribution in [2.45, 2.75) is 43.2 Å². The second kappa shape index (κ2) is 4.94. The fourth-order valence-corrected chi connectivity index (χ4v) is 3.85. The molecule has 1 atom stereocenters. The second-order valence-electron chi connectivity index (χ2n) is 4.32. The van der Waals surface area contributed by atoms with Gasteiger partial charge in [-0.05, 0) is 25.2 Å². The molecule has 0 aliphatic heterocycles. The van der Waals surface area contributed by atoms with Gasteiger partial charge in [-0.15, -0.1) is 0 Å². The fraction of sp³-hybridized carbons (Fsp3) is 1.00. The zero-order chi connectivity index (χ0) is 10.8. The molecular formula is C9H18BrNO2S. The first-order valence-corrected chi connectivity index (χ1v) is 7.50. The molecule has 0 aromatic carbocycles. The Kier molecular flexibility index (Phi) is 4.40. The maximum atomic E-state index is 11.5. The minimum Gasteiger partial charge on any atom is -0.214 e. The third kappa shape index (κ3) is 4.28. The van der Waals surface area contributed by atoms with E-state index in [2.05, 4.69) is 34.5 Å². The van der Waals surface area contributed by atoms with Gasteiger partial charge < -0.3 is 0 Å². The minimum absolute atomic E-state index is 0.110. The van der Waals surface area contributed by atoms with E-state index in [1.807, 2.05) is 0 Å². The molecule has 0 aromatic heterocycles. The highest BCUT2D eigenvalue weighted by Gasteiger charge is 2.35. The molecule has 0 bridgehead atoms. The van der Waals surface area contributed by atoms with Crippen LogP contribution in [0.25, 0.3) is 0 Å². The Bertz CT molecular complexity index is 273. The highest BCUT2D eigenvalue weighted by Crippen LogP contribution is 2.27. The molecule has 5 heteroatoms. The first-order chi connectivity index (χ1) is 6.42. The first kappa shape index (κ1) is 12.5. The number of nitrogens with one attached hydrogen (secondary N) is 1. The van der Waals surface area contributed by atoms with E-state index in [0.29, 0.717) is 12.5 Å². The van der Waals surface area contributed by atoms with Gasteiger partial charge in [0.1, 0.15) is 0 Å². The van der Waals surface area contributed by atoms with E-state index in [1.165, 1.54) is 0 Å². The van der Waals surface area contributed by atoms with Crippen LogP contribution in [0.4, 0.5) is 0 Å². The van der Waals surface area contributed by atoms with E-state index in [1.54, 1.807) is 0 Å². The van der Waals surface area contributed by atoms with E-state index in [9.17, 15) is 8.42 Å². The number of rotatable bonds is 6. The van der Waals surface area contributed by atoms with Crippen LogP contribution in [0.5, 0.6) is 0 Å². The molecule has 1 N–H and O–H groups in total. The van der Waals surface area contributed by atoms with Crippen molar-refractivity contribution >= 4 is 26.0 Å². The summed E-state index contributed by atoms with van der Waals surface area (Å²) in [5.74, 6) is 0.588. The van der Waals surface area contributed by atoms with Crippen molar-refractivity contribution in [3.8, 4) is 0 Å². The number of sulfonamides is 1. The molecule has 1 aliphatic rings. The average Bonchev–Trinajstić information content (AvgIpc) is 2.81. The lowest BCUT2D eigenvalue weighted by Gasteiger charge is -2.13. The molecule has 84 valence electrons. The molecule has 1 rings (SSSR count). The van der Waals surface area contributed by atoms with E-state index in [4.69, 9.17) is 0 Å². The molecule has 1 unspecified atom stereocenters. The number of halogens is 1. The minimum atomic E-state index is -3.00. The number of alkyl halides is 1. The summed E-state index contributed by atoms with van der Waals surface area (Å²) in [6.07, 6.45) is 2.64. The van der Waals surface area contributed by atoms with E-state index >= 15 is 0 Å². The van der Waals surface area contributed by atoms with Crippen molar-refractivity contribution in [1.82, 2.24) is 4.72 Å². The normalized spacial score (nSPS) is 20.0. The van der Waals surface area contributed by atoms with Crippen molar-refractivity contribution < 1.29 is 8.42 Å². The van der Waals surface area contributed by atoms with Crippen LogP contribution in [-0.2, 0) is 10.0 Å². The lowest BCUT2D eigenvalue weighted by Crippen LogP contribution is -2.32. The SMILES string of the molecule is CC(C)CC(Br)CNS(=O)(=O)C1CC1. The van der Waals surface area contributed by atoms with Gasteiger partial charge in [0, 0.05) is 11.4 Å². The molecule has 0 radical (unpaired) electrons. The Morgan fingerprint density at radius 3 is 2.43 bits per heavy atom. The second-order valence-corrected chi connectivity index (χ2v) is 7.66. The van der Waals surface area contributed by atoms with Crippen LogP contribution in [0, 0.1) is 5.92 Å². The summed E-state index contributed by atoms with van der Waals surface area (Å²) in [7, 11) is -3.00. The summed E-state index contributed by atoms with van der Waals surface area (Å²) < 4.78 is 25.6. The molecule has 0 aromatic rings. The van der Waals surface area contributed by atoms with E-state index < -0.39 is 10.0 Å². The zero-order valence-corrected chi connectivity index (χ0v) is 11.1. The lowest BCUT2D eigenvalue weighted by molar-refractivity contribution is 0.550. The van der Waals surface area contributed by atoms with Crippen molar-refractivity contribution in [3.05, 3.63) is 0 Å². The van der Waals surface area contributed by atoms with Gasteiger partial charge in [0.15, 0.2) is 0 Å². The highest BCUT2D eigenvalue weighted by atomic mass is 79.9. The molecule has 3 nitrogen and oxygen atoms in total. The summed E-state index contributed by atoms with van der Waals surface area (Å²) in [5, 5.41) is -0.110. The molecular weight excluding hydrogens is 266 g/mol. The Balaban J connectivity index is 2.25. The van der Waals surface area contributed by atoms with Gasteiger partial charge >= 0.3 is 0 Å². The standard InChI is InChI=1S/C9H18BrNO2S/c1-7(2)5-8(10)6-11-14(12,13)9-3-4-9/h7-9,11H,3-6H2,1-2H3. The van der Waals surface area contributed by atoms with Gasteiger partial charge in [-0.3, -0.25) is 0 Å². The molecule has 0 heterocycles. The maximum Gasteiger partial charge on any atom is 0.214 e. The lowest BCUT2D eigenvalue weighted by atomic mass is 10.1. The molecule has 1 saturated carbocycles. The van der Waals surface area contributed by atoms with Gasteiger partial charge in [0.05, 0.1) is 5.25 Å². The van der Waals surface area contributed by atoms with Crippen molar-refractivity contribution in [2.24, 2.45) is 5.92 Å². The summed E-state index contributed by atoms with van der Waals surface area (Å²) in [4.78, 5) is 0.246. The predicted octanol–water partition coefficient (Wildman–Crippen LogP) is 1.88. The third-order valence-corrected chi connectivity index (χ3v) is 4.81. The molecule has 1 aliphatic carbocycles. The van der Waals surface area contributed by atoms with Crippen LogP contribution >= 0.6 is 15.9 Å². The third-order valence-electron chi connectivity index (χ3n) is 2.20. The number of hydrogen-bond acceptors (Lipinski definition) is 2. The van der Waals surface area contributed by atoms with Crippen LogP contribution in [0.2, 0.25) is 0 Å². The maximum absolute atomic E-state index is 11.5. The van der Waals surface area contributed by atoms with Crippen molar-refractivity contribution in [1.29, 1.82) is 0 Å². The summed E-state index contributed by atoms with van der Waals surface area (Å²) in [6.45, 7) is 4.77. The fourth-order valence-electron chi connectivity index (χ4n) is 1.30. The largest absolute Gasteiger partial charge is 0.214 e. The Morgan fingerprint density at radius 1 is 1.43 bits per heavy atom. The van der Waals surface area contributed by atoms with E-state index in [-0.39, 0.29) is 10.1 Å². The highest BCUT2D eigenvalue weighted by molar-refractivity contribution is 9.09. The van der Waals surface area contributed by atoms with Crippen LogP contribution < -0.4 is 4.72 Å². The number of hydrogen-bond donors (Lipinski definition) is 1. The van der Waals surface area contributed by atoms with Crippen LogP contribution in [0.15, 0.2) is 0 Å². The van der Waals surface area contributed by atoms with Crippen molar-refractivity contribution in [2.75, 3.05) is 6.54 Å². The molecule has 0 saturated heterocycles. The van der Waals surface area contributed by atoms with Gasteiger partial charge in [0.25, 0.3) is 0 Å². The van der Waals surface area contributed by atoms with Crippen molar-refractivity contribution in [3.63, 3.8) is 0 Å². The van der Waals surface area contributed by atoms with Gasteiger partial charge in [0.2, 0.25) is 10.0 Å². The Labute approximate surface area is 94.8 Å². The van der Waals surface area contributed by atoms with Gasteiger partial charge in [-0.1, -0.05) is 29.8 Å². The molecule has 0 amide bonds. The van der Waals surface area contributed by atoms with Crippen LogP contribution in [0.1, 0.15) is 33.1 Å². The van der Waals surface area contributed by atoms with Gasteiger partial charge in [-0.2, -0.15) is 0 Å². The Hall–Kier alpha value is 0.390.